The summed E-state index contributed by atoms with van der Waals surface area (Å²) < 4.78 is 0. The fourth-order valence-electron chi connectivity index (χ4n) is 1.61. The minimum absolute atomic E-state index is 0.0696. The maximum absolute atomic E-state index is 11.9. The number of hydrogen-bond donors (Lipinski definition) is 2. The number of nitrogens with one attached hydrogen (secondary N) is 1. The van der Waals surface area contributed by atoms with Crippen molar-refractivity contribution in [3.05, 3.63) is 35.4 Å². The van der Waals surface area contributed by atoms with Gasteiger partial charge in [-0.05, 0) is 11.1 Å². The zero-order valence-electron chi connectivity index (χ0n) is 10.8. The molecule has 18 heavy (non-hydrogen) atoms. The van der Waals surface area contributed by atoms with Crippen molar-refractivity contribution < 1.29 is 9.59 Å². The van der Waals surface area contributed by atoms with Gasteiger partial charge in [0.2, 0.25) is 11.8 Å². The molecule has 0 unspecified atom stereocenters. The lowest BCUT2D eigenvalue weighted by molar-refractivity contribution is -0.134. The zero-order chi connectivity index (χ0) is 13.5. The Labute approximate surface area is 107 Å². The van der Waals surface area contributed by atoms with E-state index in [4.69, 9.17) is 5.73 Å². The van der Waals surface area contributed by atoms with E-state index in [-0.39, 0.29) is 24.8 Å². The van der Waals surface area contributed by atoms with Crippen LogP contribution in [0.5, 0.6) is 0 Å². The zero-order valence-corrected chi connectivity index (χ0v) is 10.8. The molecule has 0 spiro atoms. The van der Waals surface area contributed by atoms with Crippen LogP contribution in [0.2, 0.25) is 0 Å². The molecule has 0 bridgehead atoms. The van der Waals surface area contributed by atoms with Gasteiger partial charge in [0, 0.05) is 20.6 Å². The van der Waals surface area contributed by atoms with Crippen molar-refractivity contribution >= 4 is 11.8 Å². The predicted octanol–water partition coefficient (Wildman–Crippen LogP) is -0.108. The first-order valence-corrected chi connectivity index (χ1v) is 5.80. The molecule has 5 nitrogen and oxygen atoms in total. The second-order valence-electron chi connectivity index (χ2n) is 4.07. The number of nitrogens with zero attached hydrogens (tertiary/aromatic N) is 1. The van der Waals surface area contributed by atoms with Crippen molar-refractivity contribution in [3.63, 3.8) is 0 Å². The van der Waals surface area contributed by atoms with Crippen LogP contribution in [0.3, 0.4) is 0 Å². The predicted molar refractivity (Wildman–Crippen MR) is 69.7 cm³/mol. The van der Waals surface area contributed by atoms with Crippen molar-refractivity contribution in [2.24, 2.45) is 5.73 Å². The molecule has 98 valence electrons. The summed E-state index contributed by atoms with van der Waals surface area (Å²) in [6.45, 7) is 0.475. The van der Waals surface area contributed by atoms with E-state index in [1.807, 2.05) is 24.3 Å². The van der Waals surface area contributed by atoms with Crippen LogP contribution in [0.1, 0.15) is 11.1 Å². The number of carbonyl (C=O) groups excluding carboxylic acids is 2. The Morgan fingerprint density at radius 3 is 2.44 bits per heavy atom. The summed E-state index contributed by atoms with van der Waals surface area (Å²) in [7, 11) is 3.16. The Morgan fingerprint density at radius 1 is 1.28 bits per heavy atom. The highest BCUT2D eigenvalue weighted by Crippen LogP contribution is 2.09. The van der Waals surface area contributed by atoms with E-state index in [0.29, 0.717) is 6.54 Å². The third-order valence-electron chi connectivity index (χ3n) is 2.77. The molecule has 0 atom stereocenters. The molecule has 0 saturated heterocycles. The third-order valence-corrected chi connectivity index (χ3v) is 2.77. The lowest BCUT2D eigenvalue weighted by atomic mass is 10.0. The minimum Gasteiger partial charge on any atom is -0.358 e. The van der Waals surface area contributed by atoms with Crippen molar-refractivity contribution in [2.45, 2.75) is 13.0 Å². The van der Waals surface area contributed by atoms with E-state index in [0.717, 1.165) is 11.1 Å². The average molecular weight is 249 g/mol. The van der Waals surface area contributed by atoms with E-state index in [1.54, 1.807) is 14.1 Å². The number of carbonyl (C=O) groups is 2. The highest BCUT2D eigenvalue weighted by atomic mass is 16.2. The van der Waals surface area contributed by atoms with Gasteiger partial charge in [-0.1, -0.05) is 24.3 Å². The topological polar surface area (TPSA) is 75.4 Å². The maximum Gasteiger partial charge on any atom is 0.239 e. The number of rotatable bonds is 5. The molecule has 0 heterocycles. The van der Waals surface area contributed by atoms with Crippen molar-refractivity contribution in [3.8, 4) is 0 Å². The Morgan fingerprint density at radius 2 is 1.89 bits per heavy atom. The van der Waals surface area contributed by atoms with E-state index < -0.39 is 0 Å². The molecule has 1 rings (SSSR count). The summed E-state index contributed by atoms with van der Waals surface area (Å²) in [5.74, 6) is -0.280. The first-order chi connectivity index (χ1) is 8.58. The lowest BCUT2D eigenvalue weighted by Crippen LogP contribution is -2.37. The van der Waals surface area contributed by atoms with Gasteiger partial charge in [0.25, 0.3) is 0 Å². The molecule has 0 aromatic heterocycles. The van der Waals surface area contributed by atoms with Crippen LogP contribution in [-0.2, 0) is 22.6 Å². The van der Waals surface area contributed by atoms with E-state index >= 15 is 0 Å². The molecule has 0 aliphatic rings. The van der Waals surface area contributed by atoms with Gasteiger partial charge in [-0.3, -0.25) is 9.59 Å². The van der Waals surface area contributed by atoms with Crippen LogP contribution in [0.4, 0.5) is 0 Å². The normalized spacial score (nSPS) is 9.94. The second kappa shape index (κ2) is 6.76. The van der Waals surface area contributed by atoms with Gasteiger partial charge in [-0.2, -0.15) is 0 Å². The van der Waals surface area contributed by atoms with Crippen LogP contribution in [0.25, 0.3) is 0 Å². The lowest BCUT2D eigenvalue weighted by Gasteiger charge is -2.17. The Balaban J connectivity index is 2.66. The van der Waals surface area contributed by atoms with Gasteiger partial charge in [0.15, 0.2) is 0 Å². The van der Waals surface area contributed by atoms with Gasteiger partial charge < -0.3 is 16.0 Å². The van der Waals surface area contributed by atoms with Gasteiger partial charge >= 0.3 is 0 Å². The fraction of sp³-hybridized carbons (Fsp3) is 0.385. The van der Waals surface area contributed by atoms with Crippen molar-refractivity contribution in [2.75, 3.05) is 20.6 Å². The smallest absolute Gasteiger partial charge is 0.239 e. The van der Waals surface area contributed by atoms with Gasteiger partial charge in [0.1, 0.15) is 0 Å². The highest BCUT2D eigenvalue weighted by Gasteiger charge is 2.13. The average Bonchev–Trinajstić information content (AvgIpc) is 2.39. The second-order valence-corrected chi connectivity index (χ2v) is 4.07. The summed E-state index contributed by atoms with van der Waals surface area (Å²) in [5.41, 5.74) is 7.48. The molecule has 0 saturated carbocycles. The number of benzene rings is 1. The van der Waals surface area contributed by atoms with Crippen molar-refractivity contribution in [1.82, 2.24) is 10.2 Å². The summed E-state index contributed by atoms with van der Waals surface area (Å²) in [6.07, 6.45) is 0.265. The maximum atomic E-state index is 11.9. The van der Waals surface area contributed by atoms with Crippen LogP contribution >= 0.6 is 0 Å². The molecule has 1 aromatic carbocycles. The largest absolute Gasteiger partial charge is 0.358 e. The standard InChI is InChI=1S/C13H19N3O2/c1-15-12(17)9-16(2)13(18)7-10-5-3-4-6-11(10)8-14/h3-6H,7-9,14H2,1-2H3,(H,15,17). The summed E-state index contributed by atoms with van der Waals surface area (Å²) in [6, 6.07) is 7.56. The Bertz CT molecular complexity index is 432. The molecular weight excluding hydrogens is 230 g/mol. The summed E-state index contributed by atoms with van der Waals surface area (Å²) >= 11 is 0. The molecule has 0 radical (unpaired) electrons. The molecule has 0 fully saturated rings. The van der Waals surface area contributed by atoms with Crippen LogP contribution in [0.15, 0.2) is 24.3 Å². The summed E-state index contributed by atoms with van der Waals surface area (Å²) in [5, 5.41) is 2.48. The van der Waals surface area contributed by atoms with Crippen LogP contribution in [0, 0.1) is 0 Å². The first-order valence-electron chi connectivity index (χ1n) is 5.80. The van der Waals surface area contributed by atoms with Crippen LogP contribution < -0.4 is 11.1 Å². The Kier molecular flexibility index (Phi) is 5.32. The molecule has 0 aliphatic heterocycles. The van der Waals surface area contributed by atoms with E-state index in [2.05, 4.69) is 5.32 Å². The molecule has 2 amide bonds. The fourth-order valence-corrected chi connectivity index (χ4v) is 1.61. The monoisotopic (exact) mass is 249 g/mol. The molecular formula is C13H19N3O2. The number of nitrogens with two attached hydrogens (primary N) is 1. The van der Waals surface area contributed by atoms with Gasteiger partial charge in [-0.25, -0.2) is 0 Å². The molecule has 5 heteroatoms. The molecule has 0 aliphatic carbocycles. The SMILES string of the molecule is CNC(=O)CN(C)C(=O)Cc1ccccc1CN. The van der Waals surface area contributed by atoms with Crippen molar-refractivity contribution in [1.29, 1.82) is 0 Å². The summed E-state index contributed by atoms with van der Waals surface area (Å²) in [4.78, 5) is 24.5. The number of hydrogen-bond acceptors (Lipinski definition) is 3. The highest BCUT2D eigenvalue weighted by molar-refractivity contribution is 5.85. The van der Waals surface area contributed by atoms with E-state index in [9.17, 15) is 9.59 Å². The number of likely N-dealkylation sites (N-methyl/N-ethyl adjacent to an activating group) is 2. The third kappa shape index (κ3) is 3.85. The van der Waals surface area contributed by atoms with E-state index in [1.165, 1.54) is 4.90 Å². The number of amides is 2. The quantitative estimate of drug-likeness (QED) is 0.764. The molecule has 1 aromatic rings. The first kappa shape index (κ1) is 14.2. The van der Waals surface area contributed by atoms with Gasteiger partial charge in [-0.15, -0.1) is 0 Å². The van der Waals surface area contributed by atoms with Crippen LogP contribution in [-0.4, -0.2) is 37.4 Å². The molecule has 3 N–H and O–H groups in total. The van der Waals surface area contributed by atoms with Gasteiger partial charge in [0.05, 0.1) is 13.0 Å². The minimum atomic E-state index is -0.182. The Hall–Kier alpha value is -1.88.